The molecule has 1 aromatic carbocycles. The van der Waals surface area contributed by atoms with Gasteiger partial charge in [-0.3, -0.25) is 0 Å². The van der Waals surface area contributed by atoms with Crippen molar-refractivity contribution >= 4 is 17.3 Å². The third-order valence-electron chi connectivity index (χ3n) is 3.06. The molecule has 92 valence electrons. The summed E-state index contributed by atoms with van der Waals surface area (Å²) in [6.45, 7) is 2.69. The fraction of sp³-hybridized carbons (Fsp3) is 0.214. The quantitative estimate of drug-likeness (QED) is 0.917. The smallest absolute Gasteiger partial charge is 0.120 e. The standard InChI is InChI=1S/C14H14ClN3/c1-10-11(6-14(8-16)18(10)2)9-17-13-5-3-4-12(15)7-13/h3-7,17H,9H2,1-2H3. The number of anilines is 1. The molecule has 0 atom stereocenters. The highest BCUT2D eigenvalue weighted by Crippen LogP contribution is 2.18. The van der Waals surface area contributed by atoms with Crippen LogP contribution in [0.1, 0.15) is 17.0 Å². The molecule has 0 fully saturated rings. The number of hydrogen-bond donors (Lipinski definition) is 1. The molecule has 2 aromatic rings. The van der Waals surface area contributed by atoms with Crippen molar-refractivity contribution in [2.45, 2.75) is 13.5 Å². The van der Waals surface area contributed by atoms with Crippen LogP contribution < -0.4 is 5.32 Å². The molecule has 18 heavy (non-hydrogen) atoms. The lowest BCUT2D eigenvalue weighted by molar-refractivity contribution is 0.856. The predicted molar refractivity (Wildman–Crippen MR) is 73.6 cm³/mol. The van der Waals surface area contributed by atoms with Crippen LogP contribution in [0.25, 0.3) is 0 Å². The first kappa shape index (κ1) is 12.5. The van der Waals surface area contributed by atoms with Crippen LogP contribution in [0.4, 0.5) is 5.69 Å². The number of nitriles is 1. The number of hydrogen-bond acceptors (Lipinski definition) is 2. The average Bonchev–Trinajstić information content (AvgIpc) is 2.64. The van der Waals surface area contributed by atoms with Crippen molar-refractivity contribution in [3.63, 3.8) is 0 Å². The van der Waals surface area contributed by atoms with E-state index in [0.29, 0.717) is 17.3 Å². The molecule has 0 saturated heterocycles. The summed E-state index contributed by atoms with van der Waals surface area (Å²) >= 11 is 5.92. The van der Waals surface area contributed by atoms with Gasteiger partial charge in [-0.05, 0) is 36.8 Å². The second-order valence-corrected chi connectivity index (χ2v) is 4.61. The number of nitrogens with zero attached hydrogens (tertiary/aromatic N) is 2. The molecule has 0 amide bonds. The van der Waals surface area contributed by atoms with Crippen molar-refractivity contribution in [2.24, 2.45) is 7.05 Å². The van der Waals surface area contributed by atoms with Crippen molar-refractivity contribution < 1.29 is 0 Å². The van der Waals surface area contributed by atoms with Gasteiger partial charge in [0.15, 0.2) is 0 Å². The van der Waals surface area contributed by atoms with Crippen LogP contribution in [0, 0.1) is 18.3 Å². The second kappa shape index (κ2) is 5.16. The fourth-order valence-corrected chi connectivity index (χ4v) is 2.03. The summed E-state index contributed by atoms with van der Waals surface area (Å²) in [7, 11) is 1.90. The Morgan fingerprint density at radius 3 is 2.78 bits per heavy atom. The number of nitrogens with one attached hydrogen (secondary N) is 1. The van der Waals surface area contributed by atoms with E-state index < -0.39 is 0 Å². The molecule has 3 nitrogen and oxygen atoms in total. The summed E-state index contributed by atoms with van der Waals surface area (Å²) < 4.78 is 1.90. The minimum Gasteiger partial charge on any atom is -0.381 e. The monoisotopic (exact) mass is 259 g/mol. The zero-order valence-electron chi connectivity index (χ0n) is 10.4. The van der Waals surface area contributed by atoms with Gasteiger partial charge in [0, 0.05) is 30.0 Å². The van der Waals surface area contributed by atoms with E-state index in [4.69, 9.17) is 16.9 Å². The first-order chi connectivity index (χ1) is 8.61. The Balaban J connectivity index is 2.14. The third kappa shape index (κ3) is 2.49. The van der Waals surface area contributed by atoms with Gasteiger partial charge in [0.05, 0.1) is 0 Å². The summed E-state index contributed by atoms with van der Waals surface area (Å²) in [5.41, 5.74) is 3.87. The van der Waals surface area contributed by atoms with E-state index in [-0.39, 0.29) is 0 Å². The van der Waals surface area contributed by atoms with Crippen LogP contribution in [0.15, 0.2) is 30.3 Å². The normalized spacial score (nSPS) is 10.1. The molecule has 1 aromatic heterocycles. The number of aromatic nitrogens is 1. The predicted octanol–water partition coefficient (Wildman–Crippen LogP) is 3.47. The summed E-state index contributed by atoms with van der Waals surface area (Å²) in [6, 6.07) is 11.7. The second-order valence-electron chi connectivity index (χ2n) is 4.17. The van der Waals surface area contributed by atoms with Gasteiger partial charge in [-0.15, -0.1) is 0 Å². The highest BCUT2D eigenvalue weighted by molar-refractivity contribution is 6.30. The number of benzene rings is 1. The van der Waals surface area contributed by atoms with Crippen LogP contribution >= 0.6 is 11.6 Å². The van der Waals surface area contributed by atoms with Gasteiger partial charge in [-0.25, -0.2) is 0 Å². The van der Waals surface area contributed by atoms with Gasteiger partial charge in [-0.1, -0.05) is 17.7 Å². The molecular formula is C14H14ClN3. The maximum absolute atomic E-state index is 8.97. The minimum absolute atomic E-state index is 0.676. The lowest BCUT2D eigenvalue weighted by Crippen LogP contribution is -2.01. The van der Waals surface area contributed by atoms with Gasteiger partial charge >= 0.3 is 0 Å². The fourth-order valence-electron chi connectivity index (χ4n) is 1.84. The molecular weight excluding hydrogens is 246 g/mol. The van der Waals surface area contributed by atoms with E-state index in [1.165, 1.54) is 0 Å². The molecule has 0 radical (unpaired) electrons. The average molecular weight is 260 g/mol. The SMILES string of the molecule is Cc1c(CNc2cccc(Cl)c2)cc(C#N)n1C. The molecule has 1 heterocycles. The van der Waals surface area contributed by atoms with Gasteiger partial charge < -0.3 is 9.88 Å². The zero-order valence-corrected chi connectivity index (χ0v) is 11.1. The topological polar surface area (TPSA) is 40.8 Å². The van der Waals surface area contributed by atoms with Crippen LogP contribution in [-0.2, 0) is 13.6 Å². The summed E-state index contributed by atoms with van der Waals surface area (Å²) in [5.74, 6) is 0. The number of halogens is 1. The van der Waals surface area contributed by atoms with Crippen LogP contribution in [0.3, 0.4) is 0 Å². The zero-order chi connectivity index (χ0) is 13.1. The van der Waals surface area contributed by atoms with Gasteiger partial charge in [0.2, 0.25) is 0 Å². The molecule has 0 unspecified atom stereocenters. The van der Waals surface area contributed by atoms with Crippen molar-refractivity contribution in [2.75, 3.05) is 5.32 Å². The highest BCUT2D eigenvalue weighted by atomic mass is 35.5. The molecule has 0 aliphatic carbocycles. The van der Waals surface area contributed by atoms with Gasteiger partial charge in [0.1, 0.15) is 11.8 Å². The van der Waals surface area contributed by atoms with Crippen molar-refractivity contribution in [3.05, 3.63) is 52.3 Å². The molecule has 0 spiro atoms. The summed E-state index contributed by atoms with van der Waals surface area (Å²) in [5, 5.41) is 13.0. The molecule has 1 N–H and O–H groups in total. The Morgan fingerprint density at radius 2 is 2.17 bits per heavy atom. The molecule has 0 bridgehead atoms. The first-order valence-corrected chi connectivity index (χ1v) is 6.04. The largest absolute Gasteiger partial charge is 0.381 e. The van der Waals surface area contributed by atoms with Crippen molar-refractivity contribution in [3.8, 4) is 6.07 Å². The molecule has 0 aliphatic rings. The van der Waals surface area contributed by atoms with E-state index in [1.54, 1.807) is 0 Å². The summed E-state index contributed by atoms with van der Waals surface area (Å²) in [4.78, 5) is 0. The van der Waals surface area contributed by atoms with E-state index in [2.05, 4.69) is 11.4 Å². The Hall–Kier alpha value is -1.92. The van der Waals surface area contributed by atoms with Crippen molar-refractivity contribution in [1.82, 2.24) is 4.57 Å². The van der Waals surface area contributed by atoms with Crippen molar-refractivity contribution in [1.29, 1.82) is 5.26 Å². The Morgan fingerprint density at radius 1 is 1.39 bits per heavy atom. The maximum atomic E-state index is 8.97. The Labute approximate surface area is 112 Å². The van der Waals surface area contributed by atoms with E-state index in [0.717, 1.165) is 16.9 Å². The molecule has 2 rings (SSSR count). The maximum Gasteiger partial charge on any atom is 0.120 e. The lowest BCUT2D eigenvalue weighted by atomic mass is 10.2. The van der Waals surface area contributed by atoms with E-state index >= 15 is 0 Å². The molecule has 4 heteroatoms. The van der Waals surface area contributed by atoms with E-state index in [1.807, 2.05) is 48.9 Å². The molecule has 0 aliphatic heterocycles. The van der Waals surface area contributed by atoms with Gasteiger partial charge in [0.25, 0.3) is 0 Å². The van der Waals surface area contributed by atoms with Crippen LogP contribution in [-0.4, -0.2) is 4.57 Å². The number of rotatable bonds is 3. The molecule has 0 saturated carbocycles. The lowest BCUT2D eigenvalue weighted by Gasteiger charge is -2.07. The van der Waals surface area contributed by atoms with Gasteiger partial charge in [-0.2, -0.15) is 5.26 Å². The highest BCUT2D eigenvalue weighted by Gasteiger charge is 2.08. The Kier molecular flexibility index (Phi) is 3.59. The first-order valence-electron chi connectivity index (χ1n) is 5.66. The Bertz CT molecular complexity index is 608. The minimum atomic E-state index is 0.676. The van der Waals surface area contributed by atoms with Crippen LogP contribution in [0.5, 0.6) is 0 Å². The third-order valence-corrected chi connectivity index (χ3v) is 3.30. The van der Waals surface area contributed by atoms with E-state index in [9.17, 15) is 0 Å². The summed E-state index contributed by atoms with van der Waals surface area (Å²) in [6.07, 6.45) is 0. The van der Waals surface area contributed by atoms with Crippen LogP contribution in [0.2, 0.25) is 5.02 Å².